The molecule has 0 bridgehead atoms. The van der Waals surface area contributed by atoms with E-state index in [4.69, 9.17) is 25.8 Å². The molecular formula is C30H25BrClNO6S. The van der Waals surface area contributed by atoms with Crippen LogP contribution in [0.5, 0.6) is 11.5 Å². The van der Waals surface area contributed by atoms with Crippen molar-refractivity contribution in [1.29, 1.82) is 0 Å². The topological polar surface area (TPSA) is 94.4 Å². The van der Waals surface area contributed by atoms with Crippen LogP contribution in [0, 0.1) is 0 Å². The first-order chi connectivity index (χ1) is 19.3. The fourth-order valence-electron chi connectivity index (χ4n) is 3.69. The first kappa shape index (κ1) is 29.5. The Bertz CT molecular complexity index is 1500. The molecule has 1 N–H and O–H groups in total. The summed E-state index contributed by atoms with van der Waals surface area (Å²) in [6, 6.07) is 19.4. The van der Waals surface area contributed by atoms with Crippen LogP contribution in [0.3, 0.4) is 0 Å². The van der Waals surface area contributed by atoms with Gasteiger partial charge in [0.15, 0.2) is 11.5 Å². The number of halogens is 2. The van der Waals surface area contributed by atoms with E-state index in [0.717, 1.165) is 17.3 Å². The summed E-state index contributed by atoms with van der Waals surface area (Å²) in [7, 11) is 0. The number of nitrogens with zero attached hydrogens (tertiary/aromatic N) is 1. The largest absolute Gasteiger partial charge is 0.506 e. The van der Waals surface area contributed by atoms with Crippen molar-refractivity contribution in [2.45, 2.75) is 20.5 Å². The van der Waals surface area contributed by atoms with Gasteiger partial charge in [0.05, 0.1) is 22.6 Å². The zero-order chi connectivity index (χ0) is 28.6. The number of aliphatic hydroxyl groups excluding tert-OH is 1. The average Bonchev–Trinajstić information content (AvgIpc) is 3.24. The molecule has 0 radical (unpaired) electrons. The molecule has 3 aromatic rings. The van der Waals surface area contributed by atoms with E-state index in [2.05, 4.69) is 20.9 Å². The molecule has 1 amide bonds. The molecule has 40 heavy (non-hydrogen) atoms. The molecule has 0 unspecified atom stereocenters. The molecule has 1 heterocycles. The van der Waals surface area contributed by atoms with E-state index in [1.165, 1.54) is 0 Å². The first-order valence-corrected chi connectivity index (χ1v) is 14.3. The highest BCUT2D eigenvalue weighted by Crippen LogP contribution is 2.42. The first-order valence-electron chi connectivity index (χ1n) is 12.3. The van der Waals surface area contributed by atoms with Gasteiger partial charge < -0.3 is 19.3 Å². The zero-order valence-corrected chi connectivity index (χ0v) is 24.8. The second-order valence-electron chi connectivity index (χ2n) is 8.32. The Kier molecular flexibility index (Phi) is 10.1. The smallest absolute Gasteiger partial charge is 0.344 e. The van der Waals surface area contributed by atoms with Crippen LogP contribution >= 0.6 is 39.3 Å². The fraction of sp³-hybridized carbons (Fsp3) is 0.167. The Morgan fingerprint density at radius 2 is 1.75 bits per heavy atom. The molecule has 206 valence electrons. The molecular weight excluding hydrogens is 618 g/mol. The van der Waals surface area contributed by atoms with Crippen molar-refractivity contribution in [3.63, 3.8) is 0 Å². The maximum Gasteiger partial charge on any atom is 0.344 e. The predicted octanol–water partition coefficient (Wildman–Crippen LogP) is 7.78. The maximum atomic E-state index is 12.8. The average molecular weight is 643 g/mol. The number of hydrogen-bond donors (Lipinski definition) is 1. The number of benzene rings is 3. The highest BCUT2D eigenvalue weighted by atomic mass is 79.9. The number of amides is 1. The Morgan fingerprint density at radius 3 is 2.42 bits per heavy atom. The third kappa shape index (κ3) is 7.15. The lowest BCUT2D eigenvalue weighted by molar-refractivity contribution is -0.138. The quantitative estimate of drug-likeness (QED) is 0.238. The molecule has 1 aliphatic heterocycles. The van der Waals surface area contributed by atoms with Gasteiger partial charge >= 0.3 is 5.97 Å². The lowest BCUT2D eigenvalue weighted by Gasteiger charge is -2.15. The molecule has 0 fully saturated rings. The molecule has 0 atom stereocenters. The lowest BCUT2D eigenvalue weighted by atomic mass is 10.1. The number of aliphatic hydroxyl groups is 1. The third-order valence-corrected chi connectivity index (χ3v) is 7.38. The Balaban J connectivity index is 1.67. The standard InChI is InChI=1S/C30H25BrClNO6S/c1-3-37-23-15-19(14-22(31)27(23)39-17-18-10-12-21(32)13-11-18)16-24-26(34)25(30(36)38-4-2)29(40-24)33-28(35)20-8-6-5-7-9-20/h5-16,34H,3-4,17H2,1-2H3/b24-16-,33-29?. The van der Waals surface area contributed by atoms with E-state index in [9.17, 15) is 14.7 Å². The van der Waals surface area contributed by atoms with Crippen molar-refractivity contribution in [3.8, 4) is 11.5 Å². The molecule has 10 heteroatoms. The number of esters is 1. The molecule has 0 aliphatic carbocycles. The van der Waals surface area contributed by atoms with Gasteiger partial charge in [0.2, 0.25) is 0 Å². The van der Waals surface area contributed by atoms with Gasteiger partial charge in [-0.3, -0.25) is 4.79 Å². The molecule has 0 aromatic heterocycles. The molecule has 7 nitrogen and oxygen atoms in total. The van der Waals surface area contributed by atoms with Crippen LogP contribution in [0.4, 0.5) is 0 Å². The Labute approximate surface area is 249 Å². The van der Waals surface area contributed by atoms with Crippen molar-refractivity contribution in [2.75, 3.05) is 13.2 Å². The van der Waals surface area contributed by atoms with Gasteiger partial charge in [-0.15, -0.1) is 0 Å². The van der Waals surface area contributed by atoms with Crippen LogP contribution in [0.25, 0.3) is 6.08 Å². The minimum Gasteiger partial charge on any atom is -0.506 e. The van der Waals surface area contributed by atoms with E-state index in [0.29, 0.717) is 50.2 Å². The van der Waals surface area contributed by atoms with Gasteiger partial charge in [-0.1, -0.05) is 53.7 Å². The van der Waals surface area contributed by atoms with Gasteiger partial charge in [-0.2, -0.15) is 0 Å². The van der Waals surface area contributed by atoms with Crippen molar-refractivity contribution >= 4 is 62.3 Å². The van der Waals surface area contributed by atoms with Crippen molar-refractivity contribution < 1.29 is 28.9 Å². The zero-order valence-electron chi connectivity index (χ0n) is 21.6. The number of aliphatic imine (C=N–C) groups is 1. The molecule has 0 spiro atoms. The maximum absolute atomic E-state index is 12.8. The third-order valence-electron chi connectivity index (χ3n) is 5.52. The van der Waals surface area contributed by atoms with Crippen molar-refractivity contribution in [3.05, 3.63) is 109 Å². The number of rotatable bonds is 9. The number of carbonyl (C=O) groups excluding carboxylic acids is 2. The lowest BCUT2D eigenvalue weighted by Crippen LogP contribution is -2.14. The highest BCUT2D eigenvalue weighted by Gasteiger charge is 2.34. The summed E-state index contributed by atoms with van der Waals surface area (Å²) in [5.74, 6) is -0.621. The number of carbonyl (C=O) groups is 2. The van der Waals surface area contributed by atoms with E-state index >= 15 is 0 Å². The second kappa shape index (κ2) is 13.7. The Hall–Kier alpha value is -3.53. The molecule has 0 saturated heterocycles. The summed E-state index contributed by atoms with van der Waals surface area (Å²) >= 11 is 10.5. The van der Waals surface area contributed by atoms with Crippen LogP contribution < -0.4 is 9.47 Å². The summed E-state index contributed by atoms with van der Waals surface area (Å²) < 4.78 is 17.7. The fourth-order valence-corrected chi connectivity index (χ4v) is 5.40. The summed E-state index contributed by atoms with van der Waals surface area (Å²) in [6.45, 7) is 4.31. The SMILES string of the molecule is CCOC(=O)C1=C(O)/C(=C/c2cc(Br)c(OCc3ccc(Cl)cc3)c(OCC)c2)SC1=NC(=O)c1ccccc1. The highest BCUT2D eigenvalue weighted by molar-refractivity contribution is 9.10. The van der Waals surface area contributed by atoms with Crippen LogP contribution in [0.1, 0.15) is 35.3 Å². The number of hydrogen-bond acceptors (Lipinski definition) is 7. The Morgan fingerprint density at radius 1 is 1.02 bits per heavy atom. The van der Waals surface area contributed by atoms with Gasteiger partial charge in [-0.25, -0.2) is 9.79 Å². The summed E-state index contributed by atoms with van der Waals surface area (Å²) in [4.78, 5) is 29.9. The van der Waals surface area contributed by atoms with Crippen molar-refractivity contribution in [1.82, 2.24) is 0 Å². The normalized spacial score (nSPS) is 15.0. The predicted molar refractivity (Wildman–Crippen MR) is 161 cm³/mol. The van der Waals surface area contributed by atoms with E-state index in [1.54, 1.807) is 67.6 Å². The van der Waals surface area contributed by atoms with E-state index in [1.807, 2.05) is 19.1 Å². The van der Waals surface area contributed by atoms with Gasteiger partial charge in [0.25, 0.3) is 5.91 Å². The van der Waals surface area contributed by atoms with Gasteiger partial charge in [0.1, 0.15) is 23.0 Å². The second-order valence-corrected chi connectivity index (χ2v) is 10.6. The minimum absolute atomic E-state index is 0.0584. The van der Waals surface area contributed by atoms with Gasteiger partial charge in [-0.05, 0) is 83.4 Å². The summed E-state index contributed by atoms with van der Waals surface area (Å²) in [6.07, 6.45) is 1.67. The summed E-state index contributed by atoms with van der Waals surface area (Å²) in [5.41, 5.74) is 1.79. The van der Waals surface area contributed by atoms with Crippen LogP contribution in [0.2, 0.25) is 5.02 Å². The van der Waals surface area contributed by atoms with E-state index in [-0.39, 0.29) is 23.0 Å². The molecule has 3 aromatic carbocycles. The van der Waals surface area contributed by atoms with Gasteiger partial charge in [0, 0.05) is 10.6 Å². The van der Waals surface area contributed by atoms with Crippen LogP contribution in [0.15, 0.2) is 92.4 Å². The molecule has 4 rings (SSSR count). The van der Waals surface area contributed by atoms with Crippen LogP contribution in [-0.4, -0.2) is 35.2 Å². The molecule has 1 aliphatic rings. The number of thioether (sulfide) groups is 1. The number of ether oxygens (including phenoxy) is 3. The van der Waals surface area contributed by atoms with E-state index < -0.39 is 11.9 Å². The van der Waals surface area contributed by atoms with Crippen LogP contribution in [-0.2, 0) is 16.1 Å². The minimum atomic E-state index is -0.766. The monoisotopic (exact) mass is 641 g/mol. The van der Waals surface area contributed by atoms with Crippen molar-refractivity contribution in [2.24, 2.45) is 4.99 Å². The molecule has 0 saturated carbocycles. The summed E-state index contributed by atoms with van der Waals surface area (Å²) in [5, 5.41) is 11.7.